The van der Waals surface area contributed by atoms with Crippen molar-refractivity contribution in [3.8, 4) is 11.8 Å². The summed E-state index contributed by atoms with van der Waals surface area (Å²) in [6.45, 7) is 2.13. The molecule has 0 saturated carbocycles. The van der Waals surface area contributed by atoms with Crippen LogP contribution in [-0.2, 0) is 6.42 Å². The molecule has 0 aliphatic heterocycles. The Morgan fingerprint density at radius 2 is 1.78 bits per heavy atom. The summed E-state index contributed by atoms with van der Waals surface area (Å²) in [5.74, 6) is 0.0307. The molecular formula is C15H13NOS. The standard InChI is InChI=1S/C15H13NOS/c1-2-11-3-5-13(6-4-11)18-14-7-8-15(17)12(9-14)10-16/h3-9,17H,2H2,1H3. The van der Waals surface area contributed by atoms with Crippen LogP contribution in [0, 0.1) is 11.3 Å². The Bertz CT molecular complexity index is 584. The molecule has 0 aliphatic rings. The first-order chi connectivity index (χ1) is 8.72. The van der Waals surface area contributed by atoms with E-state index in [1.807, 2.05) is 12.1 Å². The first-order valence-corrected chi connectivity index (χ1v) is 6.54. The van der Waals surface area contributed by atoms with Crippen LogP contribution < -0.4 is 0 Å². The summed E-state index contributed by atoms with van der Waals surface area (Å²) in [6.07, 6.45) is 1.03. The third kappa shape index (κ3) is 2.85. The summed E-state index contributed by atoms with van der Waals surface area (Å²) in [4.78, 5) is 2.08. The second-order valence-electron chi connectivity index (χ2n) is 3.89. The van der Waals surface area contributed by atoms with Crippen molar-refractivity contribution in [1.82, 2.24) is 0 Å². The molecule has 0 aliphatic carbocycles. The molecule has 18 heavy (non-hydrogen) atoms. The van der Waals surface area contributed by atoms with Gasteiger partial charge in [-0.2, -0.15) is 5.26 Å². The van der Waals surface area contributed by atoms with Crippen LogP contribution in [0.3, 0.4) is 0 Å². The fourth-order valence-corrected chi connectivity index (χ4v) is 2.45. The second-order valence-corrected chi connectivity index (χ2v) is 5.04. The first-order valence-electron chi connectivity index (χ1n) is 5.73. The second kappa shape index (κ2) is 5.61. The van der Waals surface area contributed by atoms with E-state index in [4.69, 9.17) is 5.26 Å². The highest BCUT2D eigenvalue weighted by Crippen LogP contribution is 2.30. The average molecular weight is 255 g/mol. The highest BCUT2D eigenvalue weighted by molar-refractivity contribution is 7.99. The van der Waals surface area contributed by atoms with Crippen LogP contribution in [0.15, 0.2) is 52.3 Å². The molecule has 0 aromatic heterocycles. The van der Waals surface area contributed by atoms with Crippen molar-refractivity contribution in [2.45, 2.75) is 23.1 Å². The van der Waals surface area contributed by atoms with Crippen LogP contribution in [0.5, 0.6) is 5.75 Å². The Kier molecular flexibility index (Phi) is 3.91. The van der Waals surface area contributed by atoms with E-state index in [0.29, 0.717) is 5.56 Å². The van der Waals surface area contributed by atoms with Crippen LogP contribution in [0.2, 0.25) is 0 Å². The van der Waals surface area contributed by atoms with E-state index in [0.717, 1.165) is 16.2 Å². The molecule has 0 unspecified atom stereocenters. The molecule has 3 heteroatoms. The third-order valence-corrected chi connectivity index (χ3v) is 3.65. The predicted molar refractivity (Wildman–Crippen MR) is 72.8 cm³/mol. The van der Waals surface area contributed by atoms with Gasteiger partial charge in [-0.25, -0.2) is 0 Å². The van der Waals surface area contributed by atoms with Gasteiger partial charge in [-0.1, -0.05) is 30.8 Å². The number of aryl methyl sites for hydroxylation is 1. The van der Waals surface area contributed by atoms with E-state index < -0.39 is 0 Å². The summed E-state index contributed by atoms with van der Waals surface area (Å²) in [5, 5.41) is 18.3. The van der Waals surface area contributed by atoms with Gasteiger partial charge < -0.3 is 5.11 Å². The minimum absolute atomic E-state index is 0.0307. The van der Waals surface area contributed by atoms with Crippen LogP contribution >= 0.6 is 11.8 Å². The van der Waals surface area contributed by atoms with Gasteiger partial charge in [0.25, 0.3) is 0 Å². The summed E-state index contributed by atoms with van der Waals surface area (Å²) in [7, 11) is 0. The third-order valence-electron chi connectivity index (χ3n) is 2.66. The lowest BCUT2D eigenvalue weighted by molar-refractivity contribution is 0.473. The fourth-order valence-electron chi connectivity index (χ4n) is 1.60. The predicted octanol–water partition coefficient (Wildman–Crippen LogP) is 3.98. The van der Waals surface area contributed by atoms with Gasteiger partial charge in [0.15, 0.2) is 0 Å². The van der Waals surface area contributed by atoms with Gasteiger partial charge in [0.1, 0.15) is 11.8 Å². The number of phenols is 1. The molecule has 0 bridgehead atoms. The molecule has 0 amide bonds. The number of nitriles is 1. The van der Waals surface area contributed by atoms with Crippen LogP contribution in [0.1, 0.15) is 18.1 Å². The van der Waals surface area contributed by atoms with Gasteiger partial charge in [0.2, 0.25) is 0 Å². The van der Waals surface area contributed by atoms with Crippen molar-refractivity contribution >= 4 is 11.8 Å². The molecule has 2 aromatic rings. The molecule has 0 atom stereocenters. The van der Waals surface area contributed by atoms with E-state index in [1.54, 1.807) is 23.9 Å². The Morgan fingerprint density at radius 1 is 1.11 bits per heavy atom. The molecule has 1 N–H and O–H groups in total. The van der Waals surface area contributed by atoms with Crippen molar-refractivity contribution < 1.29 is 5.11 Å². The summed E-state index contributed by atoms with van der Waals surface area (Å²) in [6, 6.07) is 15.4. The number of hydrogen-bond acceptors (Lipinski definition) is 3. The van der Waals surface area contributed by atoms with Gasteiger partial charge in [-0.15, -0.1) is 0 Å². The molecule has 2 nitrogen and oxygen atoms in total. The van der Waals surface area contributed by atoms with Gasteiger partial charge in [-0.05, 0) is 42.3 Å². The Hall–Kier alpha value is -1.92. The monoisotopic (exact) mass is 255 g/mol. The Morgan fingerprint density at radius 3 is 2.39 bits per heavy atom. The van der Waals surface area contributed by atoms with Crippen molar-refractivity contribution in [2.75, 3.05) is 0 Å². The van der Waals surface area contributed by atoms with E-state index in [1.165, 1.54) is 5.56 Å². The zero-order chi connectivity index (χ0) is 13.0. The van der Waals surface area contributed by atoms with Crippen LogP contribution in [0.4, 0.5) is 0 Å². The number of nitrogens with zero attached hydrogens (tertiary/aromatic N) is 1. The molecule has 0 radical (unpaired) electrons. The van der Waals surface area contributed by atoms with Crippen molar-refractivity contribution in [3.63, 3.8) is 0 Å². The molecule has 0 heterocycles. The number of benzene rings is 2. The topological polar surface area (TPSA) is 44.0 Å². The smallest absolute Gasteiger partial charge is 0.133 e. The number of hydrogen-bond donors (Lipinski definition) is 1. The summed E-state index contributed by atoms with van der Waals surface area (Å²) < 4.78 is 0. The van der Waals surface area contributed by atoms with Crippen molar-refractivity contribution in [2.24, 2.45) is 0 Å². The average Bonchev–Trinajstić information content (AvgIpc) is 2.42. The molecule has 2 rings (SSSR count). The van der Waals surface area contributed by atoms with Gasteiger partial charge >= 0.3 is 0 Å². The first kappa shape index (κ1) is 12.5. The van der Waals surface area contributed by atoms with E-state index >= 15 is 0 Å². The highest BCUT2D eigenvalue weighted by Gasteiger charge is 2.03. The Labute approximate surface area is 111 Å². The van der Waals surface area contributed by atoms with Gasteiger partial charge in [-0.3, -0.25) is 0 Å². The molecular weight excluding hydrogens is 242 g/mol. The molecule has 2 aromatic carbocycles. The lowest BCUT2D eigenvalue weighted by Crippen LogP contribution is -1.81. The lowest BCUT2D eigenvalue weighted by atomic mass is 10.2. The van der Waals surface area contributed by atoms with Gasteiger partial charge in [0, 0.05) is 9.79 Å². The number of phenolic OH excluding ortho intramolecular Hbond substituents is 1. The zero-order valence-corrected chi connectivity index (χ0v) is 10.9. The molecule has 0 fully saturated rings. The quantitative estimate of drug-likeness (QED) is 0.902. The van der Waals surface area contributed by atoms with Crippen molar-refractivity contribution in [3.05, 3.63) is 53.6 Å². The maximum atomic E-state index is 9.44. The maximum Gasteiger partial charge on any atom is 0.133 e. The number of aromatic hydroxyl groups is 1. The Balaban J connectivity index is 2.20. The molecule has 0 saturated heterocycles. The number of rotatable bonds is 3. The summed E-state index contributed by atoms with van der Waals surface area (Å²) >= 11 is 1.58. The summed E-state index contributed by atoms with van der Waals surface area (Å²) in [5.41, 5.74) is 1.62. The molecule has 90 valence electrons. The minimum Gasteiger partial charge on any atom is -0.507 e. The lowest BCUT2D eigenvalue weighted by Gasteiger charge is -2.04. The van der Waals surface area contributed by atoms with E-state index in [9.17, 15) is 5.11 Å². The van der Waals surface area contributed by atoms with Crippen molar-refractivity contribution in [1.29, 1.82) is 5.26 Å². The van der Waals surface area contributed by atoms with Crippen LogP contribution in [0.25, 0.3) is 0 Å². The fraction of sp³-hybridized carbons (Fsp3) is 0.133. The zero-order valence-electron chi connectivity index (χ0n) is 10.1. The normalized spacial score (nSPS) is 10.0. The van der Waals surface area contributed by atoms with E-state index in [2.05, 4.69) is 31.2 Å². The van der Waals surface area contributed by atoms with E-state index in [-0.39, 0.29) is 5.75 Å². The highest BCUT2D eigenvalue weighted by atomic mass is 32.2. The SMILES string of the molecule is CCc1ccc(Sc2ccc(O)c(C#N)c2)cc1. The molecule has 0 spiro atoms. The van der Waals surface area contributed by atoms with Crippen LogP contribution in [-0.4, -0.2) is 5.11 Å². The van der Waals surface area contributed by atoms with Gasteiger partial charge in [0.05, 0.1) is 5.56 Å². The minimum atomic E-state index is 0.0307. The maximum absolute atomic E-state index is 9.44. The largest absolute Gasteiger partial charge is 0.507 e.